The zero-order chi connectivity index (χ0) is 42.1. The third-order valence-corrected chi connectivity index (χ3v) is 12.1. The summed E-state index contributed by atoms with van der Waals surface area (Å²) < 4.78 is 44.3. The molecule has 5 atom stereocenters. The fraction of sp³-hybridized carbons (Fsp3) is 0.362. The molecule has 2 fully saturated rings. The molecule has 0 radical (unpaired) electrons. The Morgan fingerprint density at radius 1 is 0.733 bits per heavy atom. The molecule has 0 bridgehead atoms. The Balaban J connectivity index is 0.965. The van der Waals surface area contributed by atoms with E-state index in [0.29, 0.717) is 35.9 Å². The summed E-state index contributed by atoms with van der Waals surface area (Å²) >= 11 is 0. The summed E-state index contributed by atoms with van der Waals surface area (Å²) in [6.45, 7) is 1.49. The number of aromatic amines is 1. The Morgan fingerprint density at radius 2 is 1.28 bits per heavy atom. The number of rotatable bonds is 11. The molecule has 4 heterocycles. The van der Waals surface area contributed by atoms with E-state index in [4.69, 9.17) is 4.99 Å². The van der Waals surface area contributed by atoms with Crippen molar-refractivity contribution >= 4 is 17.6 Å². The second-order valence-corrected chi connectivity index (χ2v) is 16.4. The highest BCUT2D eigenvalue weighted by atomic mass is 19.4. The number of hydrogen-bond donors (Lipinski definition) is 2. The average Bonchev–Trinajstić information content (AvgIpc) is 4.08. The number of aliphatic imine (C=N–C) groups is 1. The van der Waals surface area contributed by atoms with Crippen molar-refractivity contribution in [3.05, 3.63) is 137 Å². The van der Waals surface area contributed by atoms with E-state index in [-0.39, 0.29) is 36.0 Å². The van der Waals surface area contributed by atoms with Gasteiger partial charge >= 0.3 is 6.18 Å². The minimum absolute atomic E-state index is 0.0175. The standard InChI is InChI=1S/C47H51F3N8O2/c1-55(2)41(32-13-7-5-8-14-32)45(59)57-25-11-17-39(57)43-51-28-37(53-43)31-21-19-30(20-22-31)35-24-23-34(27-36(35)47(48,49)50)38-29-52-44(54-38)40-18-12-26-58(40)46(60)42(56(3)4)33-15-9-6-10-16-33/h5-10,13-16,19-24,27-28,38-42H,11-12,17-18,25-26,29H2,1-4H3,(H,51,53)(H,52,54)/t38?,39-,40-,41+,42+/m0/s1. The van der Waals surface area contributed by atoms with Gasteiger partial charge in [0.2, 0.25) is 11.8 Å². The van der Waals surface area contributed by atoms with Crippen LogP contribution in [0.15, 0.2) is 114 Å². The van der Waals surface area contributed by atoms with Gasteiger partial charge in [-0.05, 0) is 93.3 Å². The molecule has 5 aromatic rings. The van der Waals surface area contributed by atoms with Crippen LogP contribution in [0.3, 0.4) is 0 Å². The lowest BCUT2D eigenvalue weighted by Crippen LogP contribution is -2.48. The molecule has 0 aliphatic carbocycles. The van der Waals surface area contributed by atoms with Crippen molar-refractivity contribution < 1.29 is 22.8 Å². The highest BCUT2D eigenvalue weighted by Gasteiger charge is 2.41. The zero-order valence-electron chi connectivity index (χ0n) is 34.4. The third-order valence-electron chi connectivity index (χ3n) is 12.1. The monoisotopic (exact) mass is 816 g/mol. The second-order valence-electron chi connectivity index (χ2n) is 16.4. The van der Waals surface area contributed by atoms with Crippen molar-refractivity contribution in [2.24, 2.45) is 4.99 Å². The number of alkyl halides is 3. The van der Waals surface area contributed by atoms with Crippen LogP contribution in [0.4, 0.5) is 13.2 Å². The predicted octanol–water partition coefficient (Wildman–Crippen LogP) is 8.07. The van der Waals surface area contributed by atoms with Crippen LogP contribution < -0.4 is 5.32 Å². The van der Waals surface area contributed by atoms with Gasteiger partial charge in [-0.15, -0.1) is 0 Å². The number of likely N-dealkylation sites (tertiary alicyclic amines) is 2. The number of benzene rings is 4. The number of amides is 2. The number of likely N-dealkylation sites (N-methyl/N-ethyl adjacent to an activating group) is 2. The number of nitrogens with zero attached hydrogens (tertiary/aromatic N) is 6. The van der Waals surface area contributed by atoms with Gasteiger partial charge in [0, 0.05) is 13.1 Å². The number of nitrogens with one attached hydrogen (secondary N) is 2. The molecule has 2 saturated heterocycles. The Kier molecular flexibility index (Phi) is 11.6. The largest absolute Gasteiger partial charge is 0.417 e. The van der Waals surface area contributed by atoms with Gasteiger partial charge in [-0.25, -0.2) is 4.98 Å². The van der Waals surface area contributed by atoms with Gasteiger partial charge in [-0.3, -0.25) is 24.4 Å². The molecule has 8 rings (SSSR count). The predicted molar refractivity (Wildman–Crippen MR) is 227 cm³/mol. The normalized spacial score (nSPS) is 20.4. The van der Waals surface area contributed by atoms with Crippen LogP contribution >= 0.6 is 0 Å². The van der Waals surface area contributed by atoms with Crippen molar-refractivity contribution in [2.75, 3.05) is 47.8 Å². The highest BCUT2D eigenvalue weighted by Crippen LogP contribution is 2.40. The van der Waals surface area contributed by atoms with Gasteiger partial charge in [0.25, 0.3) is 0 Å². The molecule has 2 N–H and O–H groups in total. The molecule has 1 unspecified atom stereocenters. The van der Waals surface area contributed by atoms with Crippen LogP contribution in [0.2, 0.25) is 0 Å². The minimum Gasteiger partial charge on any atom is -0.363 e. The van der Waals surface area contributed by atoms with E-state index in [2.05, 4.69) is 15.3 Å². The van der Waals surface area contributed by atoms with Gasteiger partial charge in [-0.2, -0.15) is 13.2 Å². The van der Waals surface area contributed by atoms with Crippen molar-refractivity contribution in [2.45, 2.75) is 62.1 Å². The second kappa shape index (κ2) is 17.1. The summed E-state index contributed by atoms with van der Waals surface area (Å²) in [6.07, 6.45) is 0.292. The zero-order valence-corrected chi connectivity index (χ0v) is 34.4. The van der Waals surface area contributed by atoms with Gasteiger partial charge in [-0.1, -0.05) is 97.1 Å². The van der Waals surface area contributed by atoms with Crippen molar-refractivity contribution in [1.82, 2.24) is 34.9 Å². The van der Waals surface area contributed by atoms with Crippen LogP contribution in [-0.4, -0.2) is 101 Å². The van der Waals surface area contributed by atoms with Gasteiger partial charge in [0.1, 0.15) is 23.7 Å². The lowest BCUT2D eigenvalue weighted by Gasteiger charge is -2.32. The van der Waals surface area contributed by atoms with E-state index in [1.165, 1.54) is 12.1 Å². The molecule has 312 valence electrons. The maximum atomic E-state index is 14.8. The molecule has 0 spiro atoms. The number of amidine groups is 1. The number of hydrogen-bond acceptors (Lipinski definition) is 7. The van der Waals surface area contributed by atoms with Gasteiger partial charge in [0.05, 0.1) is 42.1 Å². The van der Waals surface area contributed by atoms with Crippen molar-refractivity contribution in [1.29, 1.82) is 0 Å². The smallest absolute Gasteiger partial charge is 0.363 e. The molecule has 1 aromatic heterocycles. The van der Waals surface area contributed by atoms with E-state index in [0.717, 1.165) is 48.1 Å². The first-order chi connectivity index (χ1) is 28.9. The summed E-state index contributed by atoms with van der Waals surface area (Å²) in [5, 5.41) is 3.40. The molecular weight excluding hydrogens is 766 g/mol. The fourth-order valence-corrected chi connectivity index (χ4v) is 9.13. The maximum absolute atomic E-state index is 14.8. The van der Waals surface area contributed by atoms with Crippen LogP contribution in [0.25, 0.3) is 22.4 Å². The van der Waals surface area contributed by atoms with E-state index in [9.17, 15) is 22.8 Å². The van der Waals surface area contributed by atoms with Crippen LogP contribution in [0.1, 0.15) is 77.9 Å². The molecule has 0 saturated carbocycles. The lowest BCUT2D eigenvalue weighted by molar-refractivity contribution is -0.138. The quantitative estimate of drug-likeness (QED) is 0.140. The molecule has 10 nitrogen and oxygen atoms in total. The van der Waals surface area contributed by atoms with E-state index < -0.39 is 29.9 Å². The molecule has 3 aliphatic rings. The highest BCUT2D eigenvalue weighted by molar-refractivity contribution is 5.95. The molecule has 2 amide bonds. The number of aromatic nitrogens is 2. The first-order valence-corrected chi connectivity index (χ1v) is 20.6. The SMILES string of the molecule is CN(C)[C@@H](C(=O)N1CCC[C@H]1C1=NCC(c2ccc(-c3ccc(-c4cnc([C@@H]5CCCN5C(=O)[C@@H](c5ccccc5)N(C)C)[nH]4)cc3)c(C(F)(F)F)c2)N1)c1ccccc1. The third kappa shape index (κ3) is 8.20. The lowest BCUT2D eigenvalue weighted by atomic mass is 9.94. The van der Waals surface area contributed by atoms with Crippen molar-refractivity contribution in [3.8, 4) is 22.4 Å². The molecular formula is C47H51F3N8O2. The van der Waals surface area contributed by atoms with E-state index in [1.807, 2.05) is 108 Å². The van der Waals surface area contributed by atoms with Crippen LogP contribution in [0, 0.1) is 0 Å². The summed E-state index contributed by atoms with van der Waals surface area (Å²) in [5.74, 6) is 1.33. The molecule has 3 aliphatic heterocycles. The number of carbonyl (C=O) groups excluding carboxylic acids is 2. The van der Waals surface area contributed by atoms with E-state index >= 15 is 0 Å². The Morgan fingerprint density at radius 3 is 1.85 bits per heavy atom. The summed E-state index contributed by atoms with van der Waals surface area (Å²) in [6, 6.07) is 29.1. The van der Waals surface area contributed by atoms with Crippen LogP contribution in [0.5, 0.6) is 0 Å². The molecule has 13 heteroatoms. The Hall–Kier alpha value is -5.79. The number of H-pyrrole nitrogens is 1. The fourth-order valence-electron chi connectivity index (χ4n) is 9.13. The molecule has 4 aromatic carbocycles. The number of halogens is 3. The first kappa shape index (κ1) is 41.0. The van der Waals surface area contributed by atoms with Gasteiger partial charge < -0.3 is 20.1 Å². The average molecular weight is 817 g/mol. The van der Waals surface area contributed by atoms with Crippen LogP contribution in [-0.2, 0) is 15.8 Å². The first-order valence-electron chi connectivity index (χ1n) is 20.6. The van der Waals surface area contributed by atoms with E-state index in [1.54, 1.807) is 36.5 Å². The number of carbonyl (C=O) groups is 2. The topological polar surface area (TPSA) is 100 Å². The number of imidazole rings is 1. The maximum Gasteiger partial charge on any atom is 0.417 e. The summed E-state index contributed by atoms with van der Waals surface area (Å²) in [7, 11) is 7.58. The van der Waals surface area contributed by atoms with Gasteiger partial charge in [0.15, 0.2) is 0 Å². The van der Waals surface area contributed by atoms with Crippen molar-refractivity contribution in [3.63, 3.8) is 0 Å². The Bertz CT molecular complexity index is 2330. The molecule has 60 heavy (non-hydrogen) atoms. The summed E-state index contributed by atoms with van der Waals surface area (Å²) in [5.41, 5.74) is 3.60. The summed E-state index contributed by atoms with van der Waals surface area (Å²) in [4.78, 5) is 48.3. The minimum atomic E-state index is -4.60. The Labute approximate surface area is 349 Å².